The first-order valence-corrected chi connectivity index (χ1v) is 10.2. The third kappa shape index (κ3) is 7.87. The van der Waals surface area contributed by atoms with E-state index in [-0.39, 0.29) is 12.0 Å². The number of carboxylic acids is 1. The van der Waals surface area contributed by atoms with Crippen LogP contribution in [0.15, 0.2) is 54.1 Å². The number of fused-ring (bicyclic) bond motifs is 1. The van der Waals surface area contributed by atoms with Crippen LogP contribution in [-0.4, -0.2) is 44.0 Å². The lowest BCUT2D eigenvalue weighted by molar-refractivity contribution is -0.141. The quantitative estimate of drug-likeness (QED) is 0.379. The Kier molecular flexibility index (Phi) is 9.68. The van der Waals surface area contributed by atoms with Crippen molar-refractivity contribution in [1.82, 2.24) is 5.32 Å². The highest BCUT2D eigenvalue weighted by molar-refractivity contribution is 5.88. The number of carbonyl (C=O) groups is 1. The fraction of sp³-hybridized carbons (Fsp3) is 0.458. The van der Waals surface area contributed by atoms with Crippen LogP contribution < -0.4 is 10.1 Å². The molecule has 5 heteroatoms. The number of carboxylic acid groups (broad SMARTS) is 1. The van der Waals surface area contributed by atoms with E-state index in [0.29, 0.717) is 26.2 Å². The maximum atomic E-state index is 11.0. The van der Waals surface area contributed by atoms with Crippen LogP contribution >= 0.6 is 0 Å². The van der Waals surface area contributed by atoms with Gasteiger partial charge >= 0.3 is 5.97 Å². The van der Waals surface area contributed by atoms with E-state index >= 15 is 0 Å². The lowest BCUT2D eigenvalue weighted by Crippen LogP contribution is -2.32. The SMILES string of the molecule is COCC(C)NCC(=CCCCC(C)C(=O)O)COc1cccc2ccccc12. The number of rotatable bonds is 13. The molecule has 158 valence electrons. The van der Waals surface area contributed by atoms with Gasteiger partial charge in [0, 0.05) is 25.1 Å². The number of aliphatic carboxylic acids is 1. The van der Waals surface area contributed by atoms with Crippen molar-refractivity contribution >= 4 is 16.7 Å². The summed E-state index contributed by atoms with van der Waals surface area (Å²) in [7, 11) is 1.70. The van der Waals surface area contributed by atoms with Crippen molar-refractivity contribution in [1.29, 1.82) is 0 Å². The first-order valence-electron chi connectivity index (χ1n) is 10.2. The van der Waals surface area contributed by atoms with Gasteiger partial charge in [0.2, 0.25) is 0 Å². The van der Waals surface area contributed by atoms with Gasteiger partial charge in [0.25, 0.3) is 0 Å². The Hall–Kier alpha value is -2.37. The molecule has 2 N–H and O–H groups in total. The fourth-order valence-electron chi connectivity index (χ4n) is 3.14. The standard InChI is InChI=1S/C24H33NO4/c1-18(24(26)27)9-4-5-10-20(15-25-19(2)16-28-3)17-29-23-14-8-12-21-11-6-7-13-22(21)23/h6-8,10-14,18-19,25H,4-5,9,15-17H2,1-3H3,(H,26,27). The molecule has 2 aromatic rings. The number of hydrogen-bond donors (Lipinski definition) is 2. The maximum Gasteiger partial charge on any atom is 0.306 e. The lowest BCUT2D eigenvalue weighted by Gasteiger charge is -2.16. The highest BCUT2D eigenvalue weighted by atomic mass is 16.5. The molecule has 0 saturated heterocycles. The molecule has 0 radical (unpaired) electrons. The van der Waals surface area contributed by atoms with E-state index in [4.69, 9.17) is 14.6 Å². The van der Waals surface area contributed by atoms with E-state index in [0.717, 1.165) is 34.9 Å². The summed E-state index contributed by atoms with van der Waals surface area (Å²) in [4.78, 5) is 11.0. The molecule has 5 nitrogen and oxygen atoms in total. The largest absolute Gasteiger partial charge is 0.489 e. The van der Waals surface area contributed by atoms with Crippen LogP contribution in [0.1, 0.15) is 33.1 Å². The van der Waals surface area contributed by atoms with Crippen LogP contribution in [0.25, 0.3) is 10.8 Å². The number of benzene rings is 2. The number of hydrogen-bond acceptors (Lipinski definition) is 4. The van der Waals surface area contributed by atoms with Crippen molar-refractivity contribution in [3.8, 4) is 5.75 Å². The maximum absolute atomic E-state index is 11.0. The van der Waals surface area contributed by atoms with Gasteiger partial charge in [-0.15, -0.1) is 0 Å². The molecular formula is C24H33NO4. The first-order chi connectivity index (χ1) is 14.0. The zero-order valence-electron chi connectivity index (χ0n) is 17.7. The third-order valence-corrected chi connectivity index (χ3v) is 4.95. The van der Waals surface area contributed by atoms with Gasteiger partial charge in [-0.1, -0.05) is 49.4 Å². The minimum Gasteiger partial charge on any atom is -0.489 e. The smallest absolute Gasteiger partial charge is 0.306 e. The summed E-state index contributed by atoms with van der Waals surface area (Å²) < 4.78 is 11.3. The molecule has 0 amide bonds. The van der Waals surface area contributed by atoms with Crippen LogP contribution in [0.3, 0.4) is 0 Å². The first kappa shape index (κ1) is 22.9. The molecule has 0 spiro atoms. The Balaban J connectivity index is 1.99. The Morgan fingerprint density at radius 1 is 1.17 bits per heavy atom. The van der Waals surface area contributed by atoms with Crippen molar-refractivity contribution in [3.05, 3.63) is 54.1 Å². The summed E-state index contributed by atoms with van der Waals surface area (Å²) in [6, 6.07) is 14.5. The minimum atomic E-state index is -0.733. The van der Waals surface area contributed by atoms with Crippen molar-refractivity contribution in [2.45, 2.75) is 39.2 Å². The minimum absolute atomic E-state index is 0.244. The summed E-state index contributed by atoms with van der Waals surface area (Å²) in [5, 5.41) is 14.7. The van der Waals surface area contributed by atoms with Crippen molar-refractivity contribution < 1.29 is 19.4 Å². The van der Waals surface area contributed by atoms with Gasteiger partial charge in [0.05, 0.1) is 12.5 Å². The lowest BCUT2D eigenvalue weighted by atomic mass is 10.0. The van der Waals surface area contributed by atoms with Gasteiger partial charge in [-0.3, -0.25) is 4.79 Å². The molecule has 29 heavy (non-hydrogen) atoms. The number of nitrogens with one attached hydrogen (secondary N) is 1. The zero-order chi connectivity index (χ0) is 21.1. The predicted octanol–water partition coefficient (Wildman–Crippen LogP) is 4.66. The van der Waals surface area contributed by atoms with E-state index in [1.165, 1.54) is 0 Å². The van der Waals surface area contributed by atoms with Crippen molar-refractivity contribution in [3.63, 3.8) is 0 Å². The Morgan fingerprint density at radius 2 is 1.93 bits per heavy atom. The number of allylic oxidation sites excluding steroid dienone is 1. The highest BCUT2D eigenvalue weighted by Gasteiger charge is 2.10. The normalized spacial score (nSPS) is 14.0. The van der Waals surface area contributed by atoms with Crippen LogP contribution in [0.4, 0.5) is 0 Å². The molecule has 0 fully saturated rings. The van der Waals surface area contributed by atoms with Crippen molar-refractivity contribution in [2.24, 2.45) is 5.92 Å². The highest BCUT2D eigenvalue weighted by Crippen LogP contribution is 2.25. The van der Waals surface area contributed by atoms with E-state index < -0.39 is 5.97 Å². The van der Waals surface area contributed by atoms with Gasteiger partial charge in [0.15, 0.2) is 0 Å². The summed E-state index contributed by atoms with van der Waals surface area (Å²) >= 11 is 0. The zero-order valence-corrected chi connectivity index (χ0v) is 17.7. The average Bonchev–Trinajstić information content (AvgIpc) is 2.72. The predicted molar refractivity (Wildman–Crippen MR) is 118 cm³/mol. The summed E-state index contributed by atoms with van der Waals surface area (Å²) in [5.41, 5.74) is 1.16. The van der Waals surface area contributed by atoms with Crippen LogP contribution in [0.5, 0.6) is 5.75 Å². The average molecular weight is 400 g/mol. The Bertz CT molecular complexity index is 797. The molecule has 0 aliphatic carbocycles. The number of unbranched alkanes of at least 4 members (excludes halogenated alkanes) is 1. The van der Waals surface area contributed by atoms with Crippen LogP contribution in [0.2, 0.25) is 0 Å². The molecule has 0 aliphatic rings. The van der Waals surface area contributed by atoms with E-state index in [1.807, 2.05) is 24.3 Å². The molecule has 2 atom stereocenters. The van der Waals surface area contributed by atoms with E-state index in [1.54, 1.807) is 14.0 Å². The van der Waals surface area contributed by atoms with Gasteiger partial charge in [0.1, 0.15) is 12.4 Å². The third-order valence-electron chi connectivity index (χ3n) is 4.95. The van der Waals surface area contributed by atoms with Gasteiger partial charge in [-0.2, -0.15) is 0 Å². The second kappa shape index (κ2) is 12.2. The molecule has 2 rings (SSSR count). The summed E-state index contributed by atoms with van der Waals surface area (Å²) in [6.45, 7) is 5.69. The second-order valence-electron chi connectivity index (χ2n) is 7.54. The molecule has 0 aliphatic heterocycles. The molecule has 0 bridgehead atoms. The van der Waals surface area contributed by atoms with Gasteiger partial charge < -0.3 is 19.9 Å². The molecule has 0 aromatic heterocycles. The molecule has 2 aromatic carbocycles. The summed E-state index contributed by atoms with van der Waals surface area (Å²) in [5.74, 6) is -0.166. The molecular weight excluding hydrogens is 366 g/mol. The fourth-order valence-corrected chi connectivity index (χ4v) is 3.14. The number of ether oxygens (including phenoxy) is 2. The van der Waals surface area contributed by atoms with Gasteiger partial charge in [-0.05, 0) is 43.2 Å². The summed E-state index contributed by atoms with van der Waals surface area (Å²) in [6.07, 6.45) is 4.54. The Labute approximate surface area is 173 Å². The van der Waals surface area contributed by atoms with E-state index in [9.17, 15) is 4.79 Å². The Morgan fingerprint density at radius 3 is 2.69 bits per heavy atom. The molecule has 0 heterocycles. The molecule has 2 unspecified atom stereocenters. The van der Waals surface area contributed by atoms with Gasteiger partial charge in [-0.25, -0.2) is 0 Å². The van der Waals surface area contributed by atoms with Crippen LogP contribution in [-0.2, 0) is 9.53 Å². The molecule has 0 saturated carbocycles. The van der Waals surface area contributed by atoms with E-state index in [2.05, 4.69) is 36.5 Å². The topological polar surface area (TPSA) is 67.8 Å². The van der Waals surface area contributed by atoms with Crippen molar-refractivity contribution in [2.75, 3.05) is 26.9 Å². The monoisotopic (exact) mass is 399 g/mol. The second-order valence-corrected chi connectivity index (χ2v) is 7.54. The number of methoxy groups -OCH3 is 1. The van der Waals surface area contributed by atoms with Crippen LogP contribution in [0, 0.1) is 5.92 Å².